The van der Waals surface area contributed by atoms with Crippen LogP contribution >= 0.6 is 0 Å². The summed E-state index contributed by atoms with van der Waals surface area (Å²) in [5, 5.41) is 0. The molecule has 0 bridgehead atoms. The van der Waals surface area contributed by atoms with Crippen molar-refractivity contribution in [3.63, 3.8) is 0 Å². The Morgan fingerprint density at radius 3 is 1.82 bits per heavy atom. The number of carbonyl (C=O) groups excluding carboxylic acids is 4. The molecule has 220 valence electrons. The Hall–Kier alpha value is -2.22. The van der Waals surface area contributed by atoms with Crippen molar-refractivity contribution in [2.45, 2.75) is 122 Å². The molecule has 1 unspecified atom stereocenters. The highest BCUT2D eigenvalue weighted by Crippen LogP contribution is 2.29. The molecule has 0 radical (unpaired) electrons. The fourth-order valence-electron chi connectivity index (χ4n) is 3.97. The molecule has 8 nitrogen and oxygen atoms in total. The fraction of sp³-hybridized carbons (Fsp3) is 0.800. The third-order valence-electron chi connectivity index (χ3n) is 6.49. The third kappa shape index (κ3) is 18.9. The predicted octanol–water partition coefficient (Wildman–Crippen LogP) is 5.95. The van der Waals surface area contributed by atoms with Gasteiger partial charge in [0.05, 0.1) is 26.1 Å². The van der Waals surface area contributed by atoms with E-state index in [1.54, 1.807) is 6.92 Å². The maximum absolute atomic E-state index is 12.5. The van der Waals surface area contributed by atoms with Crippen LogP contribution in [0, 0.1) is 0 Å². The fourth-order valence-corrected chi connectivity index (χ4v) is 3.97. The summed E-state index contributed by atoms with van der Waals surface area (Å²) in [6, 6.07) is 0. The summed E-state index contributed by atoms with van der Waals surface area (Å²) in [7, 11) is 3.69. The Bertz CT molecular complexity index is 692. The lowest BCUT2D eigenvalue weighted by Crippen LogP contribution is -2.40. The van der Waals surface area contributed by atoms with Gasteiger partial charge in [-0.1, -0.05) is 71.3 Å². The molecule has 8 heteroatoms. The number of hydrogen-bond donors (Lipinski definition) is 0. The molecule has 38 heavy (non-hydrogen) atoms. The molecule has 0 fully saturated rings. The molecule has 0 N–H and O–H groups in total. The summed E-state index contributed by atoms with van der Waals surface area (Å²) >= 11 is 0. The number of unbranched alkanes of at least 4 members (excludes halogenated alkanes) is 10. The normalized spacial score (nSPS) is 12.6. The van der Waals surface area contributed by atoms with Gasteiger partial charge in [-0.2, -0.15) is 0 Å². The van der Waals surface area contributed by atoms with Gasteiger partial charge in [0.15, 0.2) is 0 Å². The maximum atomic E-state index is 12.5. The Morgan fingerprint density at radius 2 is 1.29 bits per heavy atom. The largest absolute Gasteiger partial charge is 0.466 e. The lowest BCUT2D eigenvalue weighted by Gasteiger charge is -2.32. The average molecular weight is 540 g/mol. The van der Waals surface area contributed by atoms with Gasteiger partial charge < -0.3 is 23.9 Å². The van der Waals surface area contributed by atoms with Gasteiger partial charge in [0, 0.05) is 19.4 Å². The highest BCUT2D eigenvalue weighted by atomic mass is 16.6. The van der Waals surface area contributed by atoms with E-state index in [0.717, 1.165) is 51.4 Å². The summed E-state index contributed by atoms with van der Waals surface area (Å²) in [6.07, 6.45) is 13.5. The molecule has 1 atom stereocenters. The van der Waals surface area contributed by atoms with Crippen molar-refractivity contribution in [3.8, 4) is 0 Å². The molecular formula is C30H53NO7. The van der Waals surface area contributed by atoms with Crippen molar-refractivity contribution in [1.29, 1.82) is 0 Å². The first-order chi connectivity index (χ1) is 18.2. The van der Waals surface area contributed by atoms with E-state index in [9.17, 15) is 19.2 Å². The van der Waals surface area contributed by atoms with Crippen molar-refractivity contribution >= 4 is 24.2 Å². The maximum Gasteiger partial charge on any atom is 0.310 e. The zero-order chi connectivity index (χ0) is 28.7. The number of esters is 3. The number of hydrogen-bond acceptors (Lipinski definition) is 8. The van der Waals surface area contributed by atoms with Gasteiger partial charge in [0.25, 0.3) is 0 Å². The summed E-state index contributed by atoms with van der Waals surface area (Å²) < 4.78 is 16.2. The molecule has 0 aromatic rings. The Kier molecular flexibility index (Phi) is 21.4. The van der Waals surface area contributed by atoms with Crippen LogP contribution in [0.1, 0.15) is 117 Å². The first-order valence-electron chi connectivity index (χ1n) is 14.4. The van der Waals surface area contributed by atoms with E-state index in [1.165, 1.54) is 25.7 Å². The number of rotatable bonds is 25. The summed E-state index contributed by atoms with van der Waals surface area (Å²) in [5.41, 5.74) is -0.937. The molecule has 0 saturated heterocycles. The van der Waals surface area contributed by atoms with Crippen LogP contribution in [0.5, 0.6) is 0 Å². The quantitative estimate of drug-likeness (QED) is 0.0461. The van der Waals surface area contributed by atoms with Gasteiger partial charge in [-0.05, 0) is 45.9 Å². The molecule has 0 rings (SSSR count). The molecule has 0 heterocycles. The van der Waals surface area contributed by atoms with E-state index in [1.807, 2.05) is 19.0 Å². The van der Waals surface area contributed by atoms with Crippen molar-refractivity contribution in [3.05, 3.63) is 12.2 Å². The first kappa shape index (κ1) is 35.8. The zero-order valence-corrected chi connectivity index (χ0v) is 24.5. The molecule has 0 amide bonds. The number of nitrogens with zero attached hydrogens (tertiary/aromatic N) is 1. The van der Waals surface area contributed by atoms with Crippen LogP contribution in [-0.4, -0.2) is 68.5 Å². The minimum Gasteiger partial charge on any atom is -0.466 e. The van der Waals surface area contributed by atoms with E-state index in [-0.39, 0.29) is 31.8 Å². The van der Waals surface area contributed by atoms with E-state index in [2.05, 4.69) is 13.5 Å². The molecule has 0 aliphatic heterocycles. The Balaban J connectivity index is 4.02. The SMILES string of the molecule is C=C(C)C(CC=O)(CC(=O)OCCCCCCCCOC(=O)CCCCCCCC)OC(=O)CCN(C)C. The standard InChI is InChI=1S/C30H53NO7/c1-6-7-8-9-12-15-18-27(33)36-23-16-13-10-11-14-17-24-37-29(35)25-30(20-22-32,26(2)3)38-28(34)19-21-31(4)5/h22H,2,6-21,23-25H2,1,3-5H3. The van der Waals surface area contributed by atoms with Crippen LogP contribution in [-0.2, 0) is 33.4 Å². The van der Waals surface area contributed by atoms with E-state index in [4.69, 9.17) is 14.2 Å². The van der Waals surface area contributed by atoms with Gasteiger partial charge in [-0.3, -0.25) is 14.4 Å². The van der Waals surface area contributed by atoms with E-state index in [0.29, 0.717) is 31.4 Å². The van der Waals surface area contributed by atoms with Crippen LogP contribution in [0.2, 0.25) is 0 Å². The molecule has 0 saturated carbocycles. The molecule has 0 aromatic heterocycles. The van der Waals surface area contributed by atoms with E-state index >= 15 is 0 Å². The van der Waals surface area contributed by atoms with Crippen LogP contribution in [0.25, 0.3) is 0 Å². The number of carbonyl (C=O) groups is 4. The third-order valence-corrected chi connectivity index (χ3v) is 6.49. The van der Waals surface area contributed by atoms with Crippen LogP contribution < -0.4 is 0 Å². The highest BCUT2D eigenvalue weighted by Gasteiger charge is 2.38. The number of ether oxygens (including phenoxy) is 3. The summed E-state index contributed by atoms with van der Waals surface area (Å²) in [5.74, 6) is -1.09. The van der Waals surface area contributed by atoms with Crippen LogP contribution in [0.4, 0.5) is 0 Å². The minimum atomic E-state index is -1.37. The second-order valence-corrected chi connectivity index (χ2v) is 10.4. The second-order valence-electron chi connectivity index (χ2n) is 10.4. The van der Waals surface area contributed by atoms with Crippen LogP contribution in [0.15, 0.2) is 12.2 Å². The summed E-state index contributed by atoms with van der Waals surface area (Å²) in [6.45, 7) is 8.95. The molecule has 0 spiro atoms. The molecule has 0 aliphatic carbocycles. The van der Waals surface area contributed by atoms with E-state index < -0.39 is 17.5 Å². The first-order valence-corrected chi connectivity index (χ1v) is 14.4. The monoisotopic (exact) mass is 539 g/mol. The lowest BCUT2D eigenvalue weighted by atomic mass is 9.88. The highest BCUT2D eigenvalue weighted by molar-refractivity contribution is 5.76. The van der Waals surface area contributed by atoms with Gasteiger partial charge in [-0.25, -0.2) is 0 Å². The van der Waals surface area contributed by atoms with Gasteiger partial charge in [0.2, 0.25) is 0 Å². The lowest BCUT2D eigenvalue weighted by molar-refractivity contribution is -0.163. The molecular weight excluding hydrogens is 486 g/mol. The topological polar surface area (TPSA) is 99.2 Å². The molecule has 0 aromatic carbocycles. The molecule has 0 aliphatic rings. The minimum absolute atomic E-state index is 0.0885. The predicted molar refractivity (Wildman–Crippen MR) is 150 cm³/mol. The average Bonchev–Trinajstić information content (AvgIpc) is 2.85. The summed E-state index contributed by atoms with van der Waals surface area (Å²) in [4.78, 5) is 49.6. The smallest absolute Gasteiger partial charge is 0.310 e. The van der Waals surface area contributed by atoms with Crippen molar-refractivity contribution in [2.24, 2.45) is 0 Å². The Morgan fingerprint density at radius 1 is 0.763 bits per heavy atom. The van der Waals surface area contributed by atoms with Crippen molar-refractivity contribution in [1.82, 2.24) is 4.90 Å². The van der Waals surface area contributed by atoms with Gasteiger partial charge in [0.1, 0.15) is 11.9 Å². The van der Waals surface area contributed by atoms with Crippen molar-refractivity contribution < 1.29 is 33.4 Å². The van der Waals surface area contributed by atoms with Crippen molar-refractivity contribution in [2.75, 3.05) is 33.9 Å². The van der Waals surface area contributed by atoms with Gasteiger partial charge >= 0.3 is 17.9 Å². The van der Waals surface area contributed by atoms with Crippen LogP contribution in [0.3, 0.4) is 0 Å². The zero-order valence-electron chi connectivity index (χ0n) is 24.5. The second kappa shape index (κ2) is 22.7. The van der Waals surface area contributed by atoms with Gasteiger partial charge in [-0.15, -0.1) is 0 Å². The number of aldehydes is 1. The Labute approximate surface area is 230 Å².